The van der Waals surface area contributed by atoms with E-state index in [4.69, 9.17) is 0 Å². The van der Waals surface area contributed by atoms with Crippen LogP contribution in [0.15, 0.2) is 24.3 Å². The van der Waals surface area contributed by atoms with Gasteiger partial charge >= 0.3 is 0 Å². The van der Waals surface area contributed by atoms with Gasteiger partial charge in [-0.1, -0.05) is 31.2 Å². The molecular weight excluding hydrogens is 244 g/mol. The highest BCUT2D eigenvalue weighted by Gasteiger charge is 2.15. The Morgan fingerprint density at radius 3 is 2.15 bits per heavy atom. The van der Waals surface area contributed by atoms with Gasteiger partial charge in [0.2, 0.25) is 0 Å². The van der Waals surface area contributed by atoms with Crippen LogP contribution in [0.1, 0.15) is 51.7 Å². The predicted octanol–water partition coefficient (Wildman–Crippen LogP) is 3.81. The zero-order valence-corrected chi connectivity index (χ0v) is 13.6. The summed E-state index contributed by atoms with van der Waals surface area (Å²) < 4.78 is 0. The second-order valence-corrected chi connectivity index (χ2v) is 7.38. The van der Waals surface area contributed by atoms with E-state index in [9.17, 15) is 0 Å². The van der Waals surface area contributed by atoms with Crippen LogP contribution in [0.2, 0.25) is 0 Å². The molecule has 2 heteroatoms. The first-order valence-electron chi connectivity index (χ1n) is 7.97. The number of benzene rings is 1. The fourth-order valence-electron chi connectivity index (χ4n) is 2.61. The standard InChI is InChI=1S/C18H30N2/c1-15-9-11-20(12-10-15)14-17-7-5-16(6-8-17)13-19-18(2,3)4/h5-8,15,19H,9-14H2,1-4H3. The van der Waals surface area contributed by atoms with E-state index in [0.29, 0.717) is 0 Å². The number of piperidine rings is 1. The highest BCUT2D eigenvalue weighted by molar-refractivity contribution is 5.22. The molecule has 1 aromatic carbocycles. The van der Waals surface area contributed by atoms with E-state index >= 15 is 0 Å². The highest BCUT2D eigenvalue weighted by Crippen LogP contribution is 2.18. The lowest BCUT2D eigenvalue weighted by molar-refractivity contribution is 0.185. The van der Waals surface area contributed by atoms with E-state index < -0.39 is 0 Å². The zero-order valence-electron chi connectivity index (χ0n) is 13.6. The molecule has 0 radical (unpaired) electrons. The summed E-state index contributed by atoms with van der Waals surface area (Å²) in [5, 5.41) is 3.53. The molecule has 0 unspecified atom stereocenters. The Balaban J connectivity index is 1.82. The van der Waals surface area contributed by atoms with Crippen molar-refractivity contribution >= 4 is 0 Å². The molecule has 1 heterocycles. The first kappa shape index (κ1) is 15.5. The smallest absolute Gasteiger partial charge is 0.0233 e. The van der Waals surface area contributed by atoms with E-state index in [0.717, 1.165) is 19.0 Å². The van der Waals surface area contributed by atoms with E-state index in [1.165, 1.54) is 37.1 Å². The van der Waals surface area contributed by atoms with Crippen LogP contribution >= 0.6 is 0 Å². The number of hydrogen-bond acceptors (Lipinski definition) is 2. The Morgan fingerprint density at radius 1 is 1.05 bits per heavy atom. The molecule has 1 aliphatic rings. The number of nitrogens with zero attached hydrogens (tertiary/aromatic N) is 1. The third-order valence-electron chi connectivity index (χ3n) is 4.13. The molecular formula is C18H30N2. The normalized spacial score (nSPS) is 18.4. The Kier molecular flexibility index (Phi) is 5.22. The van der Waals surface area contributed by atoms with Crippen LogP contribution < -0.4 is 5.32 Å². The molecule has 0 atom stereocenters. The Hall–Kier alpha value is -0.860. The van der Waals surface area contributed by atoms with Gasteiger partial charge in [-0.05, 0) is 63.7 Å². The van der Waals surface area contributed by atoms with Crippen LogP contribution in [-0.2, 0) is 13.1 Å². The molecule has 1 aliphatic heterocycles. The summed E-state index contributed by atoms with van der Waals surface area (Å²) in [4.78, 5) is 2.59. The number of hydrogen-bond donors (Lipinski definition) is 1. The van der Waals surface area contributed by atoms with E-state index in [1.54, 1.807) is 0 Å². The molecule has 1 saturated heterocycles. The third-order valence-corrected chi connectivity index (χ3v) is 4.13. The van der Waals surface area contributed by atoms with Crippen molar-refractivity contribution in [1.29, 1.82) is 0 Å². The van der Waals surface area contributed by atoms with Crippen LogP contribution in [-0.4, -0.2) is 23.5 Å². The minimum Gasteiger partial charge on any atom is -0.308 e. The number of rotatable bonds is 4. The van der Waals surface area contributed by atoms with Gasteiger partial charge < -0.3 is 5.32 Å². The number of nitrogens with one attached hydrogen (secondary N) is 1. The summed E-state index contributed by atoms with van der Waals surface area (Å²) in [6.45, 7) is 13.6. The topological polar surface area (TPSA) is 15.3 Å². The van der Waals surface area contributed by atoms with Crippen molar-refractivity contribution in [2.75, 3.05) is 13.1 Å². The van der Waals surface area contributed by atoms with Crippen molar-refractivity contribution in [2.45, 2.75) is 59.2 Å². The van der Waals surface area contributed by atoms with Crippen molar-refractivity contribution in [3.05, 3.63) is 35.4 Å². The van der Waals surface area contributed by atoms with Crippen molar-refractivity contribution < 1.29 is 0 Å². The fourth-order valence-corrected chi connectivity index (χ4v) is 2.61. The Bertz CT molecular complexity index is 394. The van der Waals surface area contributed by atoms with Gasteiger partial charge in [0.25, 0.3) is 0 Å². The van der Waals surface area contributed by atoms with Crippen LogP contribution in [0.25, 0.3) is 0 Å². The maximum atomic E-state index is 3.53. The lowest BCUT2D eigenvalue weighted by Gasteiger charge is -2.30. The van der Waals surface area contributed by atoms with Crippen molar-refractivity contribution in [2.24, 2.45) is 5.92 Å². The first-order valence-corrected chi connectivity index (χ1v) is 7.97. The molecule has 2 nitrogen and oxygen atoms in total. The molecule has 0 aromatic heterocycles. The zero-order chi connectivity index (χ0) is 14.6. The van der Waals surface area contributed by atoms with Gasteiger partial charge in [0.1, 0.15) is 0 Å². The summed E-state index contributed by atoms with van der Waals surface area (Å²) in [7, 11) is 0. The minimum atomic E-state index is 0.184. The lowest BCUT2D eigenvalue weighted by atomic mass is 9.99. The largest absolute Gasteiger partial charge is 0.308 e. The van der Waals surface area contributed by atoms with Crippen LogP contribution in [0, 0.1) is 5.92 Å². The molecule has 1 fully saturated rings. The minimum absolute atomic E-state index is 0.184. The lowest BCUT2D eigenvalue weighted by Crippen LogP contribution is -2.35. The van der Waals surface area contributed by atoms with Crippen molar-refractivity contribution in [1.82, 2.24) is 10.2 Å². The van der Waals surface area contributed by atoms with Gasteiger partial charge in [-0.2, -0.15) is 0 Å². The summed E-state index contributed by atoms with van der Waals surface area (Å²) >= 11 is 0. The van der Waals surface area contributed by atoms with Crippen molar-refractivity contribution in [3.63, 3.8) is 0 Å². The maximum Gasteiger partial charge on any atom is 0.0233 e. The second kappa shape index (κ2) is 6.73. The van der Waals surface area contributed by atoms with Crippen LogP contribution in [0.4, 0.5) is 0 Å². The molecule has 0 bridgehead atoms. The van der Waals surface area contributed by atoms with Gasteiger partial charge in [0.05, 0.1) is 0 Å². The molecule has 112 valence electrons. The van der Waals surface area contributed by atoms with Gasteiger partial charge in [-0.15, -0.1) is 0 Å². The average molecular weight is 274 g/mol. The maximum absolute atomic E-state index is 3.53. The average Bonchev–Trinajstić information content (AvgIpc) is 2.40. The van der Waals surface area contributed by atoms with Gasteiger partial charge in [0, 0.05) is 18.6 Å². The van der Waals surface area contributed by atoms with E-state index in [2.05, 4.69) is 62.2 Å². The summed E-state index contributed by atoms with van der Waals surface area (Å²) in [5.41, 5.74) is 3.00. The molecule has 0 spiro atoms. The molecule has 1 N–H and O–H groups in total. The van der Waals surface area contributed by atoms with Gasteiger partial charge in [-0.3, -0.25) is 4.90 Å². The van der Waals surface area contributed by atoms with E-state index in [1.807, 2.05) is 0 Å². The predicted molar refractivity (Wildman–Crippen MR) is 86.7 cm³/mol. The molecule has 20 heavy (non-hydrogen) atoms. The Morgan fingerprint density at radius 2 is 1.60 bits per heavy atom. The fraction of sp³-hybridized carbons (Fsp3) is 0.667. The van der Waals surface area contributed by atoms with Crippen LogP contribution in [0.3, 0.4) is 0 Å². The molecule has 2 rings (SSSR count). The van der Waals surface area contributed by atoms with Crippen LogP contribution in [0.5, 0.6) is 0 Å². The highest BCUT2D eigenvalue weighted by atomic mass is 15.1. The molecule has 0 amide bonds. The molecule has 0 aliphatic carbocycles. The third kappa shape index (κ3) is 5.26. The van der Waals surface area contributed by atoms with Crippen molar-refractivity contribution in [3.8, 4) is 0 Å². The van der Waals surface area contributed by atoms with Gasteiger partial charge in [-0.25, -0.2) is 0 Å². The second-order valence-electron chi connectivity index (χ2n) is 7.38. The molecule has 1 aromatic rings. The molecule has 0 saturated carbocycles. The summed E-state index contributed by atoms with van der Waals surface area (Å²) in [6.07, 6.45) is 2.71. The SMILES string of the molecule is CC1CCN(Cc2ccc(CNC(C)(C)C)cc2)CC1. The number of likely N-dealkylation sites (tertiary alicyclic amines) is 1. The quantitative estimate of drug-likeness (QED) is 0.898. The summed E-state index contributed by atoms with van der Waals surface area (Å²) in [5.74, 6) is 0.914. The van der Waals surface area contributed by atoms with E-state index in [-0.39, 0.29) is 5.54 Å². The Labute approximate surface area is 124 Å². The summed E-state index contributed by atoms with van der Waals surface area (Å²) in [6, 6.07) is 9.11. The van der Waals surface area contributed by atoms with Gasteiger partial charge in [0.15, 0.2) is 0 Å². The first-order chi connectivity index (χ1) is 9.42. The monoisotopic (exact) mass is 274 g/mol.